The number of hydrogen-bond acceptors (Lipinski definition) is 4. The van der Waals surface area contributed by atoms with Gasteiger partial charge in [-0.3, -0.25) is 9.67 Å². The minimum atomic E-state index is 0.272. The van der Waals surface area contributed by atoms with Crippen LogP contribution in [0.2, 0.25) is 0 Å². The molecule has 0 amide bonds. The summed E-state index contributed by atoms with van der Waals surface area (Å²) in [5.41, 5.74) is 4.62. The topological polar surface area (TPSA) is 42.7 Å². The van der Waals surface area contributed by atoms with Crippen molar-refractivity contribution in [1.29, 1.82) is 0 Å². The third kappa shape index (κ3) is 2.59. The second-order valence-corrected chi connectivity index (χ2v) is 6.04. The summed E-state index contributed by atoms with van der Waals surface area (Å²) in [7, 11) is 1.95. The maximum absolute atomic E-state index is 4.49. The minimum absolute atomic E-state index is 0.272. The molecule has 0 radical (unpaired) electrons. The predicted octanol–water partition coefficient (Wildman–Crippen LogP) is 3.19. The van der Waals surface area contributed by atoms with Gasteiger partial charge in [-0.2, -0.15) is 5.10 Å². The average molecular weight is 286 g/mol. The fourth-order valence-corrected chi connectivity index (χ4v) is 3.09. The number of aryl methyl sites for hydroxylation is 2. The molecule has 1 atom stereocenters. The zero-order chi connectivity index (χ0) is 14.1. The van der Waals surface area contributed by atoms with Crippen molar-refractivity contribution in [1.82, 2.24) is 20.1 Å². The number of pyridine rings is 1. The molecule has 3 heterocycles. The zero-order valence-electron chi connectivity index (χ0n) is 11.9. The summed E-state index contributed by atoms with van der Waals surface area (Å²) >= 11 is 1.74. The van der Waals surface area contributed by atoms with Gasteiger partial charge in [-0.25, -0.2) is 0 Å². The highest BCUT2D eigenvalue weighted by molar-refractivity contribution is 7.17. The lowest BCUT2D eigenvalue weighted by molar-refractivity contribution is 0.572. The number of aromatic nitrogens is 3. The van der Waals surface area contributed by atoms with Gasteiger partial charge in [0.25, 0.3) is 0 Å². The van der Waals surface area contributed by atoms with Crippen molar-refractivity contribution in [3.05, 3.63) is 46.7 Å². The number of fused-ring (bicyclic) bond motifs is 1. The first-order chi connectivity index (χ1) is 9.63. The van der Waals surface area contributed by atoms with Crippen molar-refractivity contribution in [2.45, 2.75) is 26.4 Å². The van der Waals surface area contributed by atoms with E-state index >= 15 is 0 Å². The third-order valence-electron chi connectivity index (χ3n) is 3.54. The van der Waals surface area contributed by atoms with Gasteiger partial charge < -0.3 is 5.32 Å². The highest BCUT2D eigenvalue weighted by Crippen LogP contribution is 2.22. The number of nitrogens with zero attached hydrogens (tertiary/aromatic N) is 3. The lowest BCUT2D eigenvalue weighted by Crippen LogP contribution is -2.18. The van der Waals surface area contributed by atoms with E-state index in [1.165, 1.54) is 15.8 Å². The van der Waals surface area contributed by atoms with E-state index in [1.807, 2.05) is 24.9 Å². The first-order valence-corrected chi connectivity index (χ1v) is 7.57. The largest absolute Gasteiger partial charge is 0.306 e. The molecule has 20 heavy (non-hydrogen) atoms. The summed E-state index contributed by atoms with van der Waals surface area (Å²) < 4.78 is 3.10. The highest BCUT2D eigenvalue weighted by Gasteiger charge is 2.09. The maximum Gasteiger partial charge on any atom is 0.0809 e. The van der Waals surface area contributed by atoms with Gasteiger partial charge >= 0.3 is 0 Å². The molecule has 0 aromatic carbocycles. The Bertz CT molecular complexity index is 728. The van der Waals surface area contributed by atoms with Crippen molar-refractivity contribution >= 4 is 21.6 Å². The molecule has 0 spiro atoms. The van der Waals surface area contributed by atoms with Gasteiger partial charge in [-0.15, -0.1) is 11.3 Å². The summed E-state index contributed by atoms with van der Waals surface area (Å²) in [6, 6.07) is 4.55. The Morgan fingerprint density at radius 2 is 2.30 bits per heavy atom. The highest BCUT2D eigenvalue weighted by atomic mass is 32.1. The summed E-state index contributed by atoms with van der Waals surface area (Å²) in [6.07, 6.45) is 4.03. The molecule has 0 saturated heterocycles. The van der Waals surface area contributed by atoms with Gasteiger partial charge in [0, 0.05) is 37.6 Å². The number of thiophene rings is 1. The van der Waals surface area contributed by atoms with Gasteiger partial charge in [0.2, 0.25) is 0 Å². The van der Waals surface area contributed by atoms with E-state index in [-0.39, 0.29) is 6.04 Å². The molecule has 0 saturated carbocycles. The zero-order valence-corrected chi connectivity index (χ0v) is 12.7. The van der Waals surface area contributed by atoms with Gasteiger partial charge in [-0.05, 0) is 36.9 Å². The van der Waals surface area contributed by atoms with E-state index in [2.05, 4.69) is 46.0 Å². The molecule has 0 aliphatic carbocycles. The summed E-state index contributed by atoms with van der Waals surface area (Å²) in [6.45, 7) is 5.03. The molecular weight excluding hydrogens is 268 g/mol. The Morgan fingerprint density at radius 3 is 3.05 bits per heavy atom. The van der Waals surface area contributed by atoms with Crippen molar-refractivity contribution in [2.75, 3.05) is 0 Å². The van der Waals surface area contributed by atoms with Crippen LogP contribution >= 0.6 is 11.3 Å². The van der Waals surface area contributed by atoms with Crippen molar-refractivity contribution in [2.24, 2.45) is 7.05 Å². The van der Waals surface area contributed by atoms with Crippen LogP contribution in [0.5, 0.6) is 0 Å². The second kappa shape index (κ2) is 5.34. The number of nitrogens with one attached hydrogen (secondary N) is 1. The molecule has 0 aliphatic rings. The minimum Gasteiger partial charge on any atom is -0.306 e. The normalized spacial score (nSPS) is 12.9. The fourth-order valence-electron chi connectivity index (χ4n) is 2.30. The molecule has 4 nitrogen and oxygen atoms in total. The summed E-state index contributed by atoms with van der Waals surface area (Å²) in [5.74, 6) is 0. The maximum atomic E-state index is 4.49. The van der Waals surface area contributed by atoms with Crippen molar-refractivity contribution in [3.63, 3.8) is 0 Å². The van der Waals surface area contributed by atoms with Crippen LogP contribution in [-0.2, 0) is 13.6 Å². The summed E-state index contributed by atoms with van der Waals surface area (Å²) in [4.78, 5) is 4.49. The van der Waals surface area contributed by atoms with Crippen LogP contribution in [0.15, 0.2) is 29.9 Å². The second-order valence-electron chi connectivity index (χ2n) is 5.09. The predicted molar refractivity (Wildman–Crippen MR) is 82.8 cm³/mol. The number of hydrogen-bond donors (Lipinski definition) is 1. The van der Waals surface area contributed by atoms with E-state index < -0.39 is 0 Å². The quantitative estimate of drug-likeness (QED) is 0.801. The lowest BCUT2D eigenvalue weighted by Gasteiger charge is -2.13. The molecule has 3 rings (SSSR count). The van der Waals surface area contributed by atoms with Crippen LogP contribution < -0.4 is 5.32 Å². The first kappa shape index (κ1) is 13.3. The molecule has 1 unspecified atom stereocenters. The smallest absolute Gasteiger partial charge is 0.0809 e. The first-order valence-electron chi connectivity index (χ1n) is 6.69. The van der Waals surface area contributed by atoms with Crippen LogP contribution in [0.3, 0.4) is 0 Å². The molecule has 3 aromatic heterocycles. The van der Waals surface area contributed by atoms with Crippen molar-refractivity contribution < 1.29 is 0 Å². The Labute approximate surface area is 122 Å². The Balaban J connectivity index is 1.72. The van der Waals surface area contributed by atoms with Gasteiger partial charge in [0.1, 0.15) is 0 Å². The van der Waals surface area contributed by atoms with E-state index in [9.17, 15) is 0 Å². The van der Waals surface area contributed by atoms with Crippen LogP contribution in [0.1, 0.15) is 29.8 Å². The standard InChI is InChI=1S/C15H18N4S/c1-10(16-8-13-9-19(3)18-11(13)2)12-6-15-14(17-7-12)4-5-20-15/h4-7,9-10,16H,8H2,1-3H3. The van der Waals surface area contributed by atoms with E-state index in [4.69, 9.17) is 0 Å². The van der Waals surface area contributed by atoms with Gasteiger partial charge in [0.15, 0.2) is 0 Å². The molecule has 3 aromatic rings. The Kier molecular flexibility index (Phi) is 3.54. The molecule has 5 heteroatoms. The third-order valence-corrected chi connectivity index (χ3v) is 4.39. The average Bonchev–Trinajstić information content (AvgIpc) is 3.01. The molecule has 0 fully saturated rings. The van der Waals surface area contributed by atoms with Crippen LogP contribution in [0, 0.1) is 6.92 Å². The van der Waals surface area contributed by atoms with E-state index in [1.54, 1.807) is 11.3 Å². The van der Waals surface area contributed by atoms with Crippen LogP contribution in [0.25, 0.3) is 10.2 Å². The Hall–Kier alpha value is -1.72. The molecule has 0 aliphatic heterocycles. The van der Waals surface area contributed by atoms with E-state index in [0.717, 1.165) is 17.8 Å². The van der Waals surface area contributed by atoms with Gasteiger partial charge in [0.05, 0.1) is 15.9 Å². The number of rotatable bonds is 4. The molecule has 1 N–H and O–H groups in total. The monoisotopic (exact) mass is 286 g/mol. The van der Waals surface area contributed by atoms with Crippen LogP contribution in [-0.4, -0.2) is 14.8 Å². The molecular formula is C15H18N4S. The fraction of sp³-hybridized carbons (Fsp3) is 0.333. The molecule has 104 valence electrons. The van der Waals surface area contributed by atoms with Crippen LogP contribution in [0.4, 0.5) is 0 Å². The van der Waals surface area contributed by atoms with Crippen molar-refractivity contribution in [3.8, 4) is 0 Å². The van der Waals surface area contributed by atoms with E-state index in [0.29, 0.717) is 0 Å². The van der Waals surface area contributed by atoms with Gasteiger partial charge in [-0.1, -0.05) is 0 Å². The SMILES string of the molecule is Cc1nn(C)cc1CNC(C)c1cnc2ccsc2c1. The molecule has 0 bridgehead atoms. The lowest BCUT2D eigenvalue weighted by atomic mass is 10.1. The Morgan fingerprint density at radius 1 is 1.45 bits per heavy atom. The summed E-state index contributed by atoms with van der Waals surface area (Å²) in [5, 5.41) is 9.98.